The van der Waals surface area contributed by atoms with Crippen molar-refractivity contribution in [2.75, 3.05) is 5.32 Å². The molecule has 2 rings (SSSR count). The van der Waals surface area contributed by atoms with E-state index in [2.05, 4.69) is 15.6 Å². The lowest BCUT2D eigenvalue weighted by Gasteiger charge is -2.24. The Bertz CT molecular complexity index is 813. The smallest absolute Gasteiger partial charge is 0.270 e. The molecular formula is C18H18ClF2N3O2. The number of amides is 2. The Kier molecular flexibility index (Phi) is 6.26. The molecule has 0 radical (unpaired) electrons. The predicted molar refractivity (Wildman–Crippen MR) is 95.6 cm³/mol. The highest BCUT2D eigenvalue weighted by Crippen LogP contribution is 2.18. The second-order valence-corrected chi connectivity index (χ2v) is 6.63. The maximum atomic E-state index is 12.9. The Hall–Kier alpha value is -2.54. The molecule has 0 aliphatic heterocycles. The highest BCUT2D eigenvalue weighted by molar-refractivity contribution is 6.31. The van der Waals surface area contributed by atoms with E-state index in [0.29, 0.717) is 16.3 Å². The molecule has 138 valence electrons. The number of carbonyl (C=O) groups is 2. The standard InChI is InChI=1S/C18H18ClF2N3O2/c1-18(2,17(20)21)24-16(26)14-10-12(7-8-22-14)23-15(25)9-11-5-3-4-6-13(11)19/h3-8,10,17H,9H2,1-2H3,(H,24,26)(H,22,23,25). The quantitative estimate of drug-likeness (QED) is 0.801. The molecule has 2 aromatic rings. The summed E-state index contributed by atoms with van der Waals surface area (Å²) in [4.78, 5) is 28.1. The van der Waals surface area contributed by atoms with Crippen molar-refractivity contribution < 1.29 is 18.4 Å². The number of anilines is 1. The number of nitrogens with one attached hydrogen (secondary N) is 2. The Morgan fingerprint density at radius 2 is 1.92 bits per heavy atom. The Morgan fingerprint density at radius 3 is 2.58 bits per heavy atom. The van der Waals surface area contributed by atoms with Gasteiger partial charge in [-0.1, -0.05) is 29.8 Å². The summed E-state index contributed by atoms with van der Waals surface area (Å²) in [5.74, 6) is -1.08. The number of carbonyl (C=O) groups excluding carboxylic acids is 2. The van der Waals surface area contributed by atoms with Crippen LogP contribution in [0.1, 0.15) is 29.9 Å². The van der Waals surface area contributed by atoms with Crippen molar-refractivity contribution in [2.45, 2.75) is 32.2 Å². The molecule has 0 saturated heterocycles. The van der Waals surface area contributed by atoms with E-state index in [-0.39, 0.29) is 18.0 Å². The topological polar surface area (TPSA) is 71.1 Å². The first kappa shape index (κ1) is 19.8. The molecule has 0 spiro atoms. The van der Waals surface area contributed by atoms with Gasteiger partial charge >= 0.3 is 0 Å². The molecule has 1 aromatic carbocycles. The van der Waals surface area contributed by atoms with Crippen molar-refractivity contribution in [1.82, 2.24) is 10.3 Å². The van der Waals surface area contributed by atoms with E-state index in [1.54, 1.807) is 24.3 Å². The van der Waals surface area contributed by atoms with Gasteiger partial charge in [0, 0.05) is 16.9 Å². The fourth-order valence-corrected chi connectivity index (χ4v) is 2.27. The number of hydrogen-bond acceptors (Lipinski definition) is 3. The van der Waals surface area contributed by atoms with Crippen LogP contribution in [0.4, 0.5) is 14.5 Å². The summed E-state index contributed by atoms with van der Waals surface area (Å²) in [6.45, 7) is 2.43. The average molecular weight is 382 g/mol. The van der Waals surface area contributed by atoms with Gasteiger partial charge in [0.1, 0.15) is 5.69 Å². The molecule has 0 aliphatic carbocycles. The third kappa shape index (κ3) is 5.23. The summed E-state index contributed by atoms with van der Waals surface area (Å²) < 4.78 is 25.8. The molecule has 2 N–H and O–H groups in total. The normalized spacial score (nSPS) is 11.3. The van der Waals surface area contributed by atoms with Gasteiger partial charge in [-0.15, -0.1) is 0 Å². The first-order chi connectivity index (χ1) is 12.2. The summed E-state index contributed by atoms with van der Waals surface area (Å²) in [6.07, 6.45) is -1.36. The molecule has 0 atom stereocenters. The minimum absolute atomic E-state index is 0.0575. The van der Waals surface area contributed by atoms with Gasteiger partial charge in [-0.25, -0.2) is 8.78 Å². The van der Waals surface area contributed by atoms with Gasteiger partial charge in [-0.3, -0.25) is 14.6 Å². The van der Waals surface area contributed by atoms with Crippen LogP contribution in [0, 0.1) is 0 Å². The maximum Gasteiger partial charge on any atom is 0.270 e. The monoisotopic (exact) mass is 381 g/mol. The van der Waals surface area contributed by atoms with E-state index in [1.807, 2.05) is 0 Å². The van der Waals surface area contributed by atoms with Gasteiger partial charge in [0.05, 0.1) is 12.0 Å². The number of aromatic nitrogens is 1. The SMILES string of the molecule is CC(C)(NC(=O)c1cc(NC(=O)Cc2ccccc2Cl)ccn1)C(F)F. The predicted octanol–water partition coefficient (Wildman–Crippen LogP) is 3.69. The lowest BCUT2D eigenvalue weighted by Crippen LogP contribution is -2.49. The van der Waals surface area contributed by atoms with E-state index in [9.17, 15) is 18.4 Å². The number of hydrogen-bond donors (Lipinski definition) is 2. The van der Waals surface area contributed by atoms with E-state index in [1.165, 1.54) is 32.2 Å². The zero-order valence-corrected chi connectivity index (χ0v) is 15.0. The number of nitrogens with zero attached hydrogens (tertiary/aromatic N) is 1. The van der Waals surface area contributed by atoms with Gasteiger partial charge < -0.3 is 10.6 Å². The van der Waals surface area contributed by atoms with Crippen LogP contribution in [-0.2, 0) is 11.2 Å². The maximum absolute atomic E-state index is 12.9. The summed E-state index contributed by atoms with van der Waals surface area (Å²) in [7, 11) is 0. The van der Waals surface area contributed by atoms with E-state index in [0.717, 1.165) is 0 Å². The molecule has 2 amide bonds. The van der Waals surface area contributed by atoms with Gasteiger partial charge in [0.15, 0.2) is 0 Å². The summed E-state index contributed by atoms with van der Waals surface area (Å²) in [6, 6.07) is 9.77. The second-order valence-electron chi connectivity index (χ2n) is 6.22. The van der Waals surface area contributed by atoms with Crippen LogP contribution >= 0.6 is 11.6 Å². The summed E-state index contributed by atoms with van der Waals surface area (Å²) in [5, 5.41) is 5.33. The lowest BCUT2D eigenvalue weighted by molar-refractivity contribution is -0.115. The Labute approximate surface area is 154 Å². The molecule has 1 aromatic heterocycles. The zero-order valence-electron chi connectivity index (χ0n) is 14.2. The van der Waals surface area contributed by atoms with Gasteiger partial charge in [0.2, 0.25) is 5.91 Å². The van der Waals surface area contributed by atoms with Crippen LogP contribution in [-0.4, -0.2) is 28.8 Å². The Balaban J connectivity index is 2.06. The minimum Gasteiger partial charge on any atom is -0.340 e. The molecule has 1 heterocycles. The van der Waals surface area contributed by atoms with Crippen LogP contribution in [0.5, 0.6) is 0 Å². The van der Waals surface area contributed by atoms with Crippen molar-refractivity contribution in [1.29, 1.82) is 0 Å². The second kappa shape index (κ2) is 8.23. The largest absolute Gasteiger partial charge is 0.340 e. The van der Waals surface area contributed by atoms with Crippen LogP contribution in [0.15, 0.2) is 42.6 Å². The van der Waals surface area contributed by atoms with Crippen molar-refractivity contribution in [3.63, 3.8) is 0 Å². The molecule has 0 fully saturated rings. The molecule has 0 unspecified atom stereocenters. The van der Waals surface area contributed by atoms with E-state index < -0.39 is 17.9 Å². The lowest BCUT2D eigenvalue weighted by atomic mass is 10.1. The third-order valence-electron chi connectivity index (χ3n) is 3.57. The Morgan fingerprint density at radius 1 is 1.23 bits per heavy atom. The number of benzene rings is 1. The number of alkyl halides is 2. The van der Waals surface area contributed by atoms with E-state index >= 15 is 0 Å². The highest BCUT2D eigenvalue weighted by Gasteiger charge is 2.31. The third-order valence-corrected chi connectivity index (χ3v) is 3.94. The van der Waals surface area contributed by atoms with Gasteiger partial charge in [-0.2, -0.15) is 0 Å². The van der Waals surface area contributed by atoms with Crippen molar-refractivity contribution in [2.24, 2.45) is 0 Å². The first-order valence-electron chi connectivity index (χ1n) is 7.79. The fraction of sp³-hybridized carbons (Fsp3) is 0.278. The number of halogens is 3. The molecule has 8 heteroatoms. The summed E-state index contributed by atoms with van der Waals surface area (Å²) in [5.41, 5.74) is -0.772. The van der Waals surface area contributed by atoms with Crippen LogP contribution < -0.4 is 10.6 Å². The van der Waals surface area contributed by atoms with Gasteiger partial charge in [-0.05, 0) is 37.6 Å². The number of pyridine rings is 1. The van der Waals surface area contributed by atoms with Crippen molar-refractivity contribution in [3.8, 4) is 0 Å². The fourth-order valence-electron chi connectivity index (χ4n) is 2.06. The van der Waals surface area contributed by atoms with Crippen molar-refractivity contribution >= 4 is 29.1 Å². The first-order valence-corrected chi connectivity index (χ1v) is 8.17. The zero-order chi connectivity index (χ0) is 19.3. The molecule has 5 nitrogen and oxygen atoms in total. The van der Waals surface area contributed by atoms with Gasteiger partial charge in [0.25, 0.3) is 12.3 Å². The molecule has 0 saturated carbocycles. The minimum atomic E-state index is -2.73. The molecule has 0 aliphatic rings. The highest BCUT2D eigenvalue weighted by atomic mass is 35.5. The van der Waals surface area contributed by atoms with E-state index in [4.69, 9.17) is 11.6 Å². The van der Waals surface area contributed by atoms with Crippen LogP contribution in [0.3, 0.4) is 0 Å². The summed E-state index contributed by atoms with van der Waals surface area (Å²) >= 11 is 6.02. The molecular weight excluding hydrogens is 364 g/mol. The average Bonchev–Trinajstić information content (AvgIpc) is 2.56. The number of rotatable bonds is 6. The van der Waals surface area contributed by atoms with Crippen molar-refractivity contribution in [3.05, 3.63) is 58.9 Å². The van der Waals surface area contributed by atoms with Crippen LogP contribution in [0.25, 0.3) is 0 Å². The van der Waals surface area contributed by atoms with Crippen LogP contribution in [0.2, 0.25) is 5.02 Å². The molecule has 26 heavy (non-hydrogen) atoms. The molecule has 0 bridgehead atoms.